The minimum atomic E-state index is -0.266. The first-order valence-electron chi connectivity index (χ1n) is 9.01. The Balaban J connectivity index is 1.77. The van der Waals surface area contributed by atoms with Crippen molar-refractivity contribution in [1.29, 1.82) is 0 Å². The van der Waals surface area contributed by atoms with E-state index >= 15 is 0 Å². The number of aromatic amines is 1. The average molecular weight is 370 g/mol. The molecule has 1 aromatic carbocycles. The van der Waals surface area contributed by atoms with Gasteiger partial charge in [-0.1, -0.05) is 11.6 Å². The zero-order chi connectivity index (χ0) is 19.3. The van der Waals surface area contributed by atoms with Crippen LogP contribution in [0.15, 0.2) is 78.9 Å². The average Bonchev–Trinajstić information content (AvgIpc) is 3.13. The molecule has 0 unspecified atom stereocenters. The van der Waals surface area contributed by atoms with Crippen LogP contribution in [0.5, 0.6) is 0 Å². The number of rotatable bonds is 5. The van der Waals surface area contributed by atoms with Gasteiger partial charge in [-0.05, 0) is 73.0 Å². The lowest BCUT2D eigenvalue weighted by Gasteiger charge is -2.06. The minimum Gasteiger partial charge on any atom is -0.277 e. The molecule has 1 N–H and O–H groups in total. The fourth-order valence-corrected chi connectivity index (χ4v) is 3.21. The number of pyridine rings is 2. The van der Waals surface area contributed by atoms with E-state index < -0.39 is 0 Å². The summed E-state index contributed by atoms with van der Waals surface area (Å²) in [6, 6.07) is 14.3. The van der Waals surface area contributed by atoms with Crippen LogP contribution in [0, 0.1) is 5.82 Å². The van der Waals surface area contributed by atoms with Gasteiger partial charge in [-0.25, -0.2) is 4.39 Å². The van der Waals surface area contributed by atoms with E-state index in [-0.39, 0.29) is 5.82 Å². The predicted molar refractivity (Wildman–Crippen MR) is 109 cm³/mol. The van der Waals surface area contributed by atoms with Crippen LogP contribution in [-0.4, -0.2) is 20.2 Å². The molecule has 3 heterocycles. The van der Waals surface area contributed by atoms with E-state index in [2.05, 4.69) is 39.2 Å². The smallest absolute Gasteiger partial charge is 0.123 e. The van der Waals surface area contributed by atoms with Crippen LogP contribution in [0.4, 0.5) is 4.39 Å². The molecular formula is C23H19FN4. The molecule has 3 aromatic heterocycles. The molecule has 0 saturated carbocycles. The molecule has 0 amide bonds. The molecule has 0 radical (unpaired) electrons. The maximum Gasteiger partial charge on any atom is 0.123 e. The van der Waals surface area contributed by atoms with Gasteiger partial charge in [-0.15, -0.1) is 0 Å². The molecule has 0 saturated heterocycles. The Hall–Kier alpha value is -3.60. The van der Waals surface area contributed by atoms with E-state index in [1.54, 1.807) is 30.7 Å². The maximum absolute atomic E-state index is 13.4. The summed E-state index contributed by atoms with van der Waals surface area (Å²) in [7, 11) is 0. The number of hydrogen-bond acceptors (Lipinski definition) is 3. The molecule has 0 atom stereocenters. The number of aromatic nitrogens is 4. The van der Waals surface area contributed by atoms with Crippen LogP contribution in [0.3, 0.4) is 0 Å². The Morgan fingerprint density at radius 2 is 1.75 bits per heavy atom. The number of H-pyrrole nitrogens is 1. The first kappa shape index (κ1) is 17.8. The third kappa shape index (κ3) is 3.88. The topological polar surface area (TPSA) is 54.5 Å². The summed E-state index contributed by atoms with van der Waals surface area (Å²) < 4.78 is 13.4. The van der Waals surface area contributed by atoms with E-state index in [0.29, 0.717) is 0 Å². The normalized spacial score (nSPS) is 11.6. The number of benzene rings is 1. The summed E-state index contributed by atoms with van der Waals surface area (Å²) >= 11 is 0. The van der Waals surface area contributed by atoms with Gasteiger partial charge >= 0.3 is 0 Å². The third-order valence-corrected chi connectivity index (χ3v) is 4.48. The summed E-state index contributed by atoms with van der Waals surface area (Å²) in [5.74, 6) is -0.266. The molecule has 0 aliphatic carbocycles. The second kappa shape index (κ2) is 7.96. The van der Waals surface area contributed by atoms with Crippen molar-refractivity contribution >= 4 is 6.08 Å². The molecular weight excluding hydrogens is 351 g/mol. The van der Waals surface area contributed by atoms with Gasteiger partial charge in [0.25, 0.3) is 0 Å². The Morgan fingerprint density at radius 1 is 0.964 bits per heavy atom. The van der Waals surface area contributed by atoms with Crippen LogP contribution in [-0.2, 0) is 6.42 Å². The highest BCUT2D eigenvalue weighted by molar-refractivity contribution is 5.86. The van der Waals surface area contributed by atoms with Crippen molar-refractivity contribution in [3.63, 3.8) is 0 Å². The van der Waals surface area contributed by atoms with Crippen LogP contribution in [0.1, 0.15) is 18.2 Å². The number of allylic oxidation sites excluding steroid dienone is 1. The first-order chi connectivity index (χ1) is 13.7. The molecule has 28 heavy (non-hydrogen) atoms. The molecule has 4 nitrogen and oxygen atoms in total. The molecule has 0 aliphatic heterocycles. The van der Waals surface area contributed by atoms with Crippen LogP contribution < -0.4 is 0 Å². The fraction of sp³-hybridized carbons (Fsp3) is 0.0870. The lowest BCUT2D eigenvalue weighted by molar-refractivity contribution is 0.628. The van der Waals surface area contributed by atoms with Crippen LogP contribution in [0.25, 0.3) is 28.5 Å². The van der Waals surface area contributed by atoms with Crippen molar-refractivity contribution in [2.75, 3.05) is 0 Å². The number of nitrogens with one attached hydrogen (secondary N) is 1. The molecule has 4 rings (SSSR count). The Kier molecular flexibility index (Phi) is 5.06. The van der Waals surface area contributed by atoms with Gasteiger partial charge in [0, 0.05) is 35.9 Å². The van der Waals surface area contributed by atoms with Crippen molar-refractivity contribution in [2.24, 2.45) is 0 Å². The Bertz CT molecular complexity index is 1080. The number of hydrogen-bond donors (Lipinski definition) is 1. The Morgan fingerprint density at radius 3 is 2.46 bits per heavy atom. The summed E-state index contributed by atoms with van der Waals surface area (Å²) in [5.41, 5.74) is 6.85. The van der Waals surface area contributed by atoms with E-state index in [1.165, 1.54) is 17.7 Å². The molecule has 5 heteroatoms. The van der Waals surface area contributed by atoms with Gasteiger partial charge in [0.2, 0.25) is 0 Å². The molecule has 0 bridgehead atoms. The zero-order valence-corrected chi connectivity index (χ0v) is 15.4. The molecule has 4 aromatic rings. The van der Waals surface area contributed by atoms with Crippen molar-refractivity contribution in [3.8, 4) is 22.4 Å². The summed E-state index contributed by atoms with van der Waals surface area (Å²) in [6.45, 7) is 2.09. The molecule has 138 valence electrons. The van der Waals surface area contributed by atoms with Crippen molar-refractivity contribution in [3.05, 3.63) is 96.0 Å². The van der Waals surface area contributed by atoms with Gasteiger partial charge < -0.3 is 0 Å². The summed E-state index contributed by atoms with van der Waals surface area (Å²) in [6.07, 6.45) is 10.1. The van der Waals surface area contributed by atoms with Crippen molar-refractivity contribution < 1.29 is 4.39 Å². The predicted octanol–water partition coefficient (Wildman–Crippen LogP) is 5.32. The van der Waals surface area contributed by atoms with Crippen LogP contribution in [0.2, 0.25) is 0 Å². The lowest BCUT2D eigenvalue weighted by Crippen LogP contribution is -1.89. The second-order valence-electron chi connectivity index (χ2n) is 6.63. The molecule has 0 fully saturated rings. The summed E-state index contributed by atoms with van der Waals surface area (Å²) in [5, 5.41) is 7.67. The molecule has 0 spiro atoms. The third-order valence-electron chi connectivity index (χ3n) is 4.48. The molecule has 0 aliphatic rings. The van der Waals surface area contributed by atoms with E-state index in [1.807, 2.05) is 24.4 Å². The highest BCUT2D eigenvalue weighted by Crippen LogP contribution is 2.34. The second-order valence-corrected chi connectivity index (χ2v) is 6.63. The lowest BCUT2D eigenvalue weighted by atomic mass is 9.98. The van der Waals surface area contributed by atoms with Crippen molar-refractivity contribution in [2.45, 2.75) is 13.3 Å². The number of halogens is 1. The SMILES string of the molecule is C/C(=C\c1[nH]nc(-c2ccc(F)cc2)c1-c1ccncc1)Cc1cccnc1. The van der Waals surface area contributed by atoms with Gasteiger partial charge in [0.15, 0.2) is 0 Å². The van der Waals surface area contributed by atoms with Gasteiger partial charge in [-0.3, -0.25) is 15.1 Å². The van der Waals surface area contributed by atoms with E-state index in [4.69, 9.17) is 0 Å². The monoisotopic (exact) mass is 370 g/mol. The quantitative estimate of drug-likeness (QED) is 0.517. The number of nitrogens with zero attached hydrogens (tertiary/aromatic N) is 3. The van der Waals surface area contributed by atoms with Gasteiger partial charge in [-0.2, -0.15) is 5.10 Å². The van der Waals surface area contributed by atoms with Crippen molar-refractivity contribution in [1.82, 2.24) is 20.2 Å². The van der Waals surface area contributed by atoms with Gasteiger partial charge in [0.1, 0.15) is 11.5 Å². The fourth-order valence-electron chi connectivity index (χ4n) is 3.21. The maximum atomic E-state index is 13.4. The minimum absolute atomic E-state index is 0.266. The highest BCUT2D eigenvalue weighted by Gasteiger charge is 2.16. The zero-order valence-electron chi connectivity index (χ0n) is 15.4. The largest absolute Gasteiger partial charge is 0.277 e. The highest BCUT2D eigenvalue weighted by atomic mass is 19.1. The van der Waals surface area contributed by atoms with E-state index in [0.717, 1.165) is 40.1 Å². The first-order valence-corrected chi connectivity index (χ1v) is 9.01. The standard InChI is InChI=1S/C23H19FN4/c1-16(13-17-3-2-10-26-15-17)14-21-22(18-8-11-25-12-9-18)23(28-27-21)19-4-6-20(24)7-5-19/h2-12,14-15H,13H2,1H3,(H,27,28)/b16-14+. The van der Waals surface area contributed by atoms with Gasteiger partial charge in [0.05, 0.1) is 5.69 Å². The van der Waals surface area contributed by atoms with Crippen LogP contribution >= 0.6 is 0 Å². The van der Waals surface area contributed by atoms with E-state index in [9.17, 15) is 4.39 Å². The summed E-state index contributed by atoms with van der Waals surface area (Å²) in [4.78, 5) is 8.29. The Labute approximate surface area is 162 Å².